The van der Waals surface area contributed by atoms with Gasteiger partial charge in [0.05, 0.1) is 12.2 Å². The van der Waals surface area contributed by atoms with Crippen molar-refractivity contribution in [3.63, 3.8) is 0 Å². The van der Waals surface area contributed by atoms with Crippen molar-refractivity contribution in [2.45, 2.75) is 57.4 Å². The first-order chi connectivity index (χ1) is 13.0. The number of hydrogen-bond acceptors (Lipinski definition) is 3. The SMILES string of the molecule is C=C(OCC)c1cc(F)c(CN2SC(C3=CCCC=C3)CC[C@@H]2C)cc1F. The first kappa shape index (κ1) is 20.2. The lowest BCUT2D eigenvalue weighted by molar-refractivity contribution is 0.296. The molecule has 0 bridgehead atoms. The minimum Gasteiger partial charge on any atom is -0.494 e. The molecule has 1 aromatic rings. The van der Waals surface area contributed by atoms with Crippen LogP contribution in [0.4, 0.5) is 8.78 Å². The summed E-state index contributed by atoms with van der Waals surface area (Å²) in [7, 11) is 0. The Bertz CT molecular complexity index is 759. The lowest BCUT2D eigenvalue weighted by atomic mass is 9.99. The maximum absolute atomic E-state index is 14.6. The van der Waals surface area contributed by atoms with E-state index in [1.54, 1.807) is 18.9 Å². The van der Waals surface area contributed by atoms with Crippen molar-refractivity contribution in [1.29, 1.82) is 0 Å². The minimum absolute atomic E-state index is 0.0906. The summed E-state index contributed by atoms with van der Waals surface area (Å²) in [4.78, 5) is 0. The van der Waals surface area contributed by atoms with Crippen LogP contribution >= 0.6 is 11.9 Å². The van der Waals surface area contributed by atoms with E-state index in [0.29, 0.717) is 30.0 Å². The average Bonchev–Trinajstić information content (AvgIpc) is 2.67. The molecule has 2 aliphatic rings. The largest absolute Gasteiger partial charge is 0.494 e. The number of ether oxygens (including phenoxy) is 1. The molecule has 0 radical (unpaired) electrons. The van der Waals surface area contributed by atoms with Crippen LogP contribution in [-0.2, 0) is 11.3 Å². The molecular formula is C22H27F2NOS. The van der Waals surface area contributed by atoms with E-state index in [2.05, 4.69) is 36.0 Å². The Morgan fingerprint density at radius 1 is 1.26 bits per heavy atom. The fourth-order valence-corrected chi connectivity index (χ4v) is 4.88. The van der Waals surface area contributed by atoms with E-state index in [9.17, 15) is 8.78 Å². The number of allylic oxidation sites excluding steroid dienone is 3. The Balaban J connectivity index is 1.75. The molecule has 1 heterocycles. The second kappa shape index (κ2) is 9.07. The molecule has 1 unspecified atom stereocenters. The first-order valence-corrected chi connectivity index (χ1v) is 10.4. The van der Waals surface area contributed by atoms with Crippen molar-refractivity contribution in [3.05, 3.63) is 65.3 Å². The Morgan fingerprint density at radius 2 is 2.07 bits per heavy atom. The van der Waals surface area contributed by atoms with Crippen LogP contribution in [0, 0.1) is 11.6 Å². The van der Waals surface area contributed by atoms with E-state index in [1.165, 1.54) is 17.7 Å². The molecule has 0 amide bonds. The van der Waals surface area contributed by atoms with E-state index in [-0.39, 0.29) is 11.3 Å². The third-order valence-corrected chi connectivity index (χ3v) is 6.60. The van der Waals surface area contributed by atoms with E-state index in [1.807, 2.05) is 0 Å². The van der Waals surface area contributed by atoms with Gasteiger partial charge in [0.15, 0.2) is 0 Å². The normalized spacial score (nSPS) is 23.2. The molecule has 3 rings (SSSR count). The van der Waals surface area contributed by atoms with Gasteiger partial charge in [0.25, 0.3) is 0 Å². The predicted molar refractivity (Wildman–Crippen MR) is 109 cm³/mol. The second-order valence-electron chi connectivity index (χ2n) is 7.06. The van der Waals surface area contributed by atoms with Gasteiger partial charge in [-0.15, -0.1) is 0 Å². The van der Waals surface area contributed by atoms with Gasteiger partial charge in [-0.1, -0.05) is 36.8 Å². The van der Waals surface area contributed by atoms with Gasteiger partial charge in [0.1, 0.15) is 17.4 Å². The van der Waals surface area contributed by atoms with Gasteiger partial charge >= 0.3 is 0 Å². The predicted octanol–water partition coefficient (Wildman–Crippen LogP) is 6.25. The van der Waals surface area contributed by atoms with Gasteiger partial charge in [-0.2, -0.15) is 0 Å². The molecule has 1 saturated heterocycles. The fourth-order valence-electron chi connectivity index (χ4n) is 3.49. The molecule has 2 nitrogen and oxygen atoms in total. The highest BCUT2D eigenvalue weighted by Gasteiger charge is 2.29. The van der Waals surface area contributed by atoms with Crippen LogP contribution < -0.4 is 0 Å². The summed E-state index contributed by atoms with van der Waals surface area (Å²) in [5.41, 5.74) is 1.82. The van der Waals surface area contributed by atoms with Gasteiger partial charge in [-0.25, -0.2) is 13.1 Å². The highest BCUT2D eigenvalue weighted by molar-refractivity contribution is 7.97. The standard InChI is InChI=1S/C22H27F2NOS/c1-4-26-16(3)19-13-20(23)18(12-21(19)24)14-25-15(2)10-11-22(27-25)17-8-6-5-7-9-17/h6,8-9,12-13,15,22H,3-5,7,10-11,14H2,1-2H3/t15-,22?/m0/s1. The zero-order valence-corrected chi connectivity index (χ0v) is 16.8. The molecule has 1 aromatic carbocycles. The van der Waals surface area contributed by atoms with E-state index < -0.39 is 11.6 Å². The van der Waals surface area contributed by atoms with Crippen LogP contribution in [0.25, 0.3) is 5.76 Å². The smallest absolute Gasteiger partial charge is 0.134 e. The third kappa shape index (κ3) is 4.82. The van der Waals surface area contributed by atoms with Crippen LogP contribution in [0.2, 0.25) is 0 Å². The molecule has 0 spiro atoms. The lowest BCUT2D eigenvalue weighted by Gasteiger charge is -2.37. The van der Waals surface area contributed by atoms with Crippen molar-refractivity contribution in [3.8, 4) is 0 Å². The summed E-state index contributed by atoms with van der Waals surface area (Å²) in [5, 5.41) is 0.391. The summed E-state index contributed by atoms with van der Waals surface area (Å²) in [6, 6.07) is 2.80. The quantitative estimate of drug-likeness (QED) is 0.420. The van der Waals surface area contributed by atoms with Crippen molar-refractivity contribution in [2.24, 2.45) is 0 Å². The summed E-state index contributed by atoms with van der Waals surface area (Å²) in [6.45, 7) is 8.36. The van der Waals surface area contributed by atoms with E-state index in [0.717, 1.165) is 25.7 Å². The van der Waals surface area contributed by atoms with Crippen molar-refractivity contribution in [1.82, 2.24) is 4.31 Å². The van der Waals surface area contributed by atoms with Gasteiger partial charge in [0, 0.05) is 23.4 Å². The Kier molecular flexibility index (Phi) is 6.77. The number of benzene rings is 1. The maximum Gasteiger partial charge on any atom is 0.134 e. The van der Waals surface area contributed by atoms with Crippen molar-refractivity contribution < 1.29 is 13.5 Å². The average molecular weight is 392 g/mol. The van der Waals surface area contributed by atoms with Crippen LogP contribution in [0.5, 0.6) is 0 Å². The molecule has 0 aromatic heterocycles. The molecule has 146 valence electrons. The van der Waals surface area contributed by atoms with Gasteiger partial charge < -0.3 is 4.74 Å². The molecule has 0 N–H and O–H groups in total. The molecule has 1 aliphatic heterocycles. The second-order valence-corrected chi connectivity index (χ2v) is 8.31. The van der Waals surface area contributed by atoms with Crippen LogP contribution in [-0.4, -0.2) is 22.2 Å². The van der Waals surface area contributed by atoms with E-state index in [4.69, 9.17) is 4.74 Å². The molecular weight excluding hydrogens is 364 g/mol. The monoisotopic (exact) mass is 391 g/mol. The number of rotatable bonds is 6. The molecule has 1 aliphatic carbocycles. The Labute approximate surface area is 165 Å². The molecule has 1 fully saturated rings. The summed E-state index contributed by atoms with van der Waals surface area (Å²) in [5.74, 6) is -0.745. The number of hydrogen-bond donors (Lipinski definition) is 0. The topological polar surface area (TPSA) is 12.5 Å². The first-order valence-electron chi connectivity index (χ1n) is 9.59. The van der Waals surface area contributed by atoms with Gasteiger partial charge in [-0.3, -0.25) is 0 Å². The van der Waals surface area contributed by atoms with Crippen molar-refractivity contribution >= 4 is 17.7 Å². The summed E-state index contributed by atoms with van der Waals surface area (Å²) in [6.07, 6.45) is 11.1. The zero-order chi connectivity index (χ0) is 19.4. The highest BCUT2D eigenvalue weighted by Crippen LogP contribution is 2.38. The zero-order valence-electron chi connectivity index (χ0n) is 16.0. The van der Waals surface area contributed by atoms with Crippen LogP contribution in [0.3, 0.4) is 0 Å². The fraction of sp³-hybridized carbons (Fsp3) is 0.455. The molecule has 27 heavy (non-hydrogen) atoms. The number of nitrogens with zero attached hydrogens (tertiary/aromatic N) is 1. The Morgan fingerprint density at radius 3 is 2.78 bits per heavy atom. The lowest BCUT2D eigenvalue weighted by Crippen LogP contribution is -2.35. The van der Waals surface area contributed by atoms with Crippen LogP contribution in [0.1, 0.15) is 50.7 Å². The third-order valence-electron chi connectivity index (χ3n) is 5.08. The summed E-state index contributed by atoms with van der Waals surface area (Å²) < 4.78 is 36.5. The minimum atomic E-state index is -0.492. The maximum atomic E-state index is 14.6. The van der Waals surface area contributed by atoms with E-state index >= 15 is 0 Å². The van der Waals surface area contributed by atoms with Crippen LogP contribution in [0.15, 0.2) is 42.5 Å². The molecule has 2 atom stereocenters. The summed E-state index contributed by atoms with van der Waals surface area (Å²) >= 11 is 1.76. The Hall–Kier alpha value is -1.59. The van der Waals surface area contributed by atoms with Crippen molar-refractivity contribution in [2.75, 3.05) is 6.61 Å². The number of halogens is 2. The van der Waals surface area contributed by atoms with Gasteiger partial charge in [-0.05, 0) is 57.2 Å². The molecule has 5 heteroatoms. The highest BCUT2D eigenvalue weighted by atomic mass is 32.2. The molecule has 0 saturated carbocycles. The van der Waals surface area contributed by atoms with Gasteiger partial charge in [0.2, 0.25) is 0 Å².